The first-order valence-corrected chi connectivity index (χ1v) is 8.24. The number of hydrogen-bond donors (Lipinski definition) is 3. The summed E-state index contributed by atoms with van der Waals surface area (Å²) in [5.41, 5.74) is 4.87. The van der Waals surface area contributed by atoms with Gasteiger partial charge in [0.2, 0.25) is 5.75 Å². The first-order valence-electron chi connectivity index (χ1n) is 6.25. The summed E-state index contributed by atoms with van der Waals surface area (Å²) in [5.74, 6) is -0.753. The molecule has 0 aliphatic carbocycles. The molecule has 24 heavy (non-hydrogen) atoms. The van der Waals surface area contributed by atoms with Crippen molar-refractivity contribution in [2.75, 3.05) is 19.8 Å². The minimum Gasteiger partial charge on any atom is -0.799 e. The Morgan fingerprint density at radius 2 is 1.96 bits per heavy atom. The first-order chi connectivity index (χ1) is 10.7. The SMILES string of the molecule is COc1cc(CP(=O)([O-])CCCN)cc([N+](=O)[O-])c1O.O=C=O.[NH4+]. The van der Waals surface area contributed by atoms with Gasteiger partial charge in [-0.15, -0.1) is 0 Å². The summed E-state index contributed by atoms with van der Waals surface area (Å²) in [6, 6.07) is 2.31. The van der Waals surface area contributed by atoms with Crippen LogP contribution in [0.15, 0.2) is 12.1 Å². The average Bonchev–Trinajstić information content (AvgIpc) is 2.47. The number of phenolic OH excluding ortho intramolecular Hbond substituents is 1. The van der Waals surface area contributed by atoms with Crippen LogP contribution in [0.25, 0.3) is 0 Å². The van der Waals surface area contributed by atoms with Gasteiger partial charge in [0.05, 0.1) is 12.0 Å². The van der Waals surface area contributed by atoms with E-state index < -0.39 is 23.7 Å². The summed E-state index contributed by atoms with van der Waals surface area (Å²) in [5, 5.41) is 20.4. The minimum atomic E-state index is -3.72. The fourth-order valence-corrected chi connectivity index (χ4v) is 3.29. The molecule has 0 bridgehead atoms. The van der Waals surface area contributed by atoms with Gasteiger partial charge in [-0.25, -0.2) is 0 Å². The van der Waals surface area contributed by atoms with Crippen LogP contribution in [-0.2, 0) is 20.3 Å². The molecule has 1 atom stereocenters. The molecule has 0 spiro atoms. The lowest BCUT2D eigenvalue weighted by molar-refractivity contribution is -0.386. The quantitative estimate of drug-likeness (QED) is 0.350. The molecule has 136 valence electrons. The number of phenols is 1. The molecule has 0 aliphatic rings. The largest absolute Gasteiger partial charge is 0.799 e. The van der Waals surface area contributed by atoms with E-state index in [1.54, 1.807) is 0 Å². The Balaban J connectivity index is 0. The standard InChI is InChI=1S/C11H17N2O6P.CO2.H3N/c1-19-10-6-8(5-9(11(10)14)13(15)16)7-20(17,18)4-2-3-12;2-1-3;/h5-6,14H,2-4,7,12H2,1H3,(H,17,18);;1H3. The predicted molar refractivity (Wildman–Crippen MR) is 82.2 cm³/mol. The van der Waals surface area contributed by atoms with Crippen molar-refractivity contribution in [1.29, 1.82) is 0 Å². The highest BCUT2D eigenvalue weighted by Gasteiger charge is 2.21. The van der Waals surface area contributed by atoms with Crippen molar-refractivity contribution in [2.24, 2.45) is 5.73 Å². The lowest BCUT2D eigenvalue weighted by Gasteiger charge is -2.23. The number of aromatic hydroxyl groups is 1. The topological polar surface area (TPSA) is 209 Å². The van der Waals surface area contributed by atoms with Gasteiger partial charge < -0.3 is 31.2 Å². The molecule has 0 heterocycles. The van der Waals surface area contributed by atoms with Gasteiger partial charge in [-0.05, 0) is 30.8 Å². The van der Waals surface area contributed by atoms with E-state index in [0.717, 1.165) is 6.07 Å². The molecule has 0 aliphatic heterocycles. The Hall–Kier alpha value is -2.29. The van der Waals surface area contributed by atoms with Crippen molar-refractivity contribution in [3.63, 3.8) is 0 Å². The number of methoxy groups -OCH3 is 1. The lowest BCUT2D eigenvalue weighted by atomic mass is 10.2. The normalized spacial score (nSPS) is 11.8. The fraction of sp³-hybridized carbons (Fsp3) is 0.417. The van der Waals surface area contributed by atoms with Crippen LogP contribution in [0.3, 0.4) is 0 Å². The van der Waals surface area contributed by atoms with E-state index in [2.05, 4.69) is 0 Å². The maximum Gasteiger partial charge on any atom is 0.373 e. The smallest absolute Gasteiger partial charge is 0.373 e. The zero-order chi connectivity index (χ0) is 18.0. The summed E-state index contributed by atoms with van der Waals surface area (Å²) in [7, 11) is -2.49. The second-order valence-corrected chi connectivity index (χ2v) is 6.74. The van der Waals surface area contributed by atoms with Crippen LogP contribution in [0, 0.1) is 10.1 Å². The average molecular weight is 365 g/mol. The van der Waals surface area contributed by atoms with Crippen molar-refractivity contribution in [3.05, 3.63) is 27.8 Å². The van der Waals surface area contributed by atoms with E-state index in [-0.39, 0.29) is 42.5 Å². The molecule has 12 heteroatoms. The number of rotatable bonds is 7. The molecular weight excluding hydrogens is 345 g/mol. The Morgan fingerprint density at radius 3 is 2.38 bits per heavy atom. The van der Waals surface area contributed by atoms with Gasteiger partial charge in [0, 0.05) is 19.6 Å². The molecule has 0 radical (unpaired) electrons. The Bertz CT molecular complexity index is 631. The number of nitrogens with two attached hydrogens (primary N) is 1. The number of benzene rings is 1. The maximum atomic E-state index is 11.8. The minimum absolute atomic E-state index is 0. The molecule has 1 unspecified atom stereocenters. The van der Waals surface area contributed by atoms with Gasteiger partial charge in [-0.3, -0.25) is 10.1 Å². The monoisotopic (exact) mass is 365 g/mol. The summed E-state index contributed by atoms with van der Waals surface area (Å²) >= 11 is 0. The van der Waals surface area contributed by atoms with Crippen LogP contribution >= 0.6 is 7.37 Å². The third-order valence-electron chi connectivity index (χ3n) is 2.66. The number of nitro groups is 1. The number of quaternary nitrogens is 1. The molecule has 1 aromatic carbocycles. The van der Waals surface area contributed by atoms with Crippen molar-refractivity contribution in [3.8, 4) is 11.5 Å². The zero-order valence-corrected chi connectivity index (χ0v) is 14.2. The van der Waals surface area contributed by atoms with Crippen LogP contribution < -0.4 is 21.5 Å². The van der Waals surface area contributed by atoms with Crippen LogP contribution in [0.4, 0.5) is 5.69 Å². The highest BCUT2D eigenvalue weighted by molar-refractivity contribution is 7.55. The zero-order valence-electron chi connectivity index (χ0n) is 13.3. The summed E-state index contributed by atoms with van der Waals surface area (Å²) in [4.78, 5) is 38.1. The van der Waals surface area contributed by atoms with E-state index in [1.807, 2.05) is 0 Å². The molecule has 11 nitrogen and oxygen atoms in total. The molecule has 0 aromatic heterocycles. The molecule has 0 saturated carbocycles. The van der Waals surface area contributed by atoms with E-state index in [4.69, 9.17) is 20.1 Å². The first kappa shape index (κ1) is 24.0. The van der Waals surface area contributed by atoms with Crippen LogP contribution in [0.1, 0.15) is 12.0 Å². The second-order valence-electron chi connectivity index (χ2n) is 4.34. The van der Waals surface area contributed by atoms with Crippen LogP contribution in [0.2, 0.25) is 0 Å². The number of hydrogen-bond acceptors (Lipinski definition) is 9. The van der Waals surface area contributed by atoms with E-state index in [0.29, 0.717) is 6.42 Å². The molecule has 0 fully saturated rings. The number of nitro benzene ring substituents is 1. The van der Waals surface area contributed by atoms with E-state index in [9.17, 15) is 24.7 Å². The summed E-state index contributed by atoms with van der Waals surface area (Å²) in [6.45, 7) is 0.255. The number of carbonyl (C=O) groups excluding carboxylic acids is 2. The molecule has 7 N–H and O–H groups in total. The van der Waals surface area contributed by atoms with Crippen LogP contribution in [0.5, 0.6) is 11.5 Å². The Morgan fingerprint density at radius 1 is 1.42 bits per heavy atom. The highest BCUT2D eigenvalue weighted by Crippen LogP contribution is 2.44. The maximum absolute atomic E-state index is 11.8. The molecule has 0 saturated heterocycles. The number of ether oxygens (including phenoxy) is 1. The third kappa shape index (κ3) is 7.82. The highest BCUT2D eigenvalue weighted by atomic mass is 31.2. The van der Waals surface area contributed by atoms with Gasteiger partial charge in [-0.2, -0.15) is 9.59 Å². The summed E-state index contributed by atoms with van der Waals surface area (Å²) < 4.78 is 16.6. The second kappa shape index (κ2) is 11.3. The van der Waals surface area contributed by atoms with Gasteiger partial charge in [0.25, 0.3) is 0 Å². The van der Waals surface area contributed by atoms with Crippen molar-refractivity contribution in [2.45, 2.75) is 12.6 Å². The Labute approximate surface area is 137 Å². The van der Waals surface area contributed by atoms with Crippen LogP contribution in [-0.4, -0.2) is 36.0 Å². The van der Waals surface area contributed by atoms with Gasteiger partial charge in [0.1, 0.15) is 0 Å². The third-order valence-corrected chi connectivity index (χ3v) is 4.50. The molecule has 0 amide bonds. The predicted octanol–water partition coefficient (Wildman–Crippen LogP) is 0.589. The fourth-order valence-electron chi connectivity index (χ4n) is 1.72. The number of nitrogens with zero attached hydrogens (tertiary/aromatic N) is 1. The lowest BCUT2D eigenvalue weighted by Crippen LogP contribution is -2.11. The van der Waals surface area contributed by atoms with E-state index >= 15 is 0 Å². The molecule has 1 rings (SSSR count). The molecule has 1 aromatic rings. The van der Waals surface area contributed by atoms with E-state index in [1.165, 1.54) is 13.2 Å². The van der Waals surface area contributed by atoms with Gasteiger partial charge in [0.15, 0.2) is 5.75 Å². The van der Waals surface area contributed by atoms with Crippen molar-refractivity contribution in [1.82, 2.24) is 6.15 Å². The van der Waals surface area contributed by atoms with Gasteiger partial charge in [-0.1, -0.05) is 0 Å². The molecular formula is C12H20N3O8P. The van der Waals surface area contributed by atoms with Crippen molar-refractivity contribution < 1.29 is 33.8 Å². The Kier molecular flexibility index (Phi) is 11.3. The summed E-state index contributed by atoms with van der Waals surface area (Å²) in [6.07, 6.45) is 0.170. The van der Waals surface area contributed by atoms with Gasteiger partial charge >= 0.3 is 11.8 Å². The van der Waals surface area contributed by atoms with Crippen molar-refractivity contribution >= 4 is 19.2 Å².